The Bertz CT molecular complexity index is 2190. The molecule has 4 N–H and O–H groups in total. The summed E-state index contributed by atoms with van der Waals surface area (Å²) in [5.41, 5.74) is -4.00. The van der Waals surface area contributed by atoms with Crippen molar-refractivity contribution in [2.24, 2.45) is 5.92 Å². The summed E-state index contributed by atoms with van der Waals surface area (Å²) in [5, 5.41) is 23.7. The molecule has 11 heterocycles. The molecule has 0 aromatic heterocycles. The molecule has 11 rings (SSSR count). The van der Waals surface area contributed by atoms with Crippen LogP contribution in [0, 0.1) is 5.92 Å². The number of allylic oxidation sites excluding steroid dienone is 2. The lowest BCUT2D eigenvalue weighted by Gasteiger charge is -2.61. The highest BCUT2D eigenvalue weighted by molar-refractivity contribution is 7.74. The van der Waals surface area contributed by atoms with Gasteiger partial charge in [0, 0.05) is 51.4 Å². The first-order valence-corrected chi connectivity index (χ1v) is 29.2. The molecule has 0 aromatic rings. The van der Waals surface area contributed by atoms with Crippen LogP contribution >= 0.6 is 0 Å². The van der Waals surface area contributed by atoms with Gasteiger partial charge in [-0.2, -0.15) is 0 Å². The molecule has 0 amide bonds. The quantitative estimate of drug-likeness (QED) is 0.0571. The molecule has 11 aliphatic rings. The molecular formula is C52H78O21S2. The normalized spacial score (nSPS) is 53.0. The molecule has 0 spiro atoms. The van der Waals surface area contributed by atoms with Gasteiger partial charge < -0.3 is 71.4 Å². The minimum Gasteiger partial charge on any atom is -0.748 e. The van der Waals surface area contributed by atoms with Gasteiger partial charge >= 0.3 is 11.4 Å². The molecule has 21 nitrogen and oxygen atoms in total. The van der Waals surface area contributed by atoms with E-state index in [1.54, 1.807) is 32.1 Å². The van der Waals surface area contributed by atoms with Crippen LogP contribution in [0.15, 0.2) is 37.0 Å². The van der Waals surface area contributed by atoms with Gasteiger partial charge in [0.05, 0.1) is 121 Å². The molecule has 11 fully saturated rings. The van der Waals surface area contributed by atoms with E-state index < -0.39 is 106 Å². The summed E-state index contributed by atoms with van der Waals surface area (Å²) in [5.74, 6) is 0.0910. The second-order valence-corrected chi connectivity index (χ2v) is 25.5. The van der Waals surface area contributed by atoms with Crippen molar-refractivity contribution in [2.75, 3.05) is 6.61 Å². The van der Waals surface area contributed by atoms with E-state index in [1.165, 1.54) is 0 Å². The van der Waals surface area contributed by atoms with Crippen LogP contribution in [-0.2, 0) is 93.3 Å². The zero-order valence-electron chi connectivity index (χ0n) is 43.7. The molecular weight excluding hydrogens is 1020 g/mol. The molecule has 0 radical (unpaired) electrons. The highest BCUT2D eigenvalue weighted by Crippen LogP contribution is 2.54. The predicted octanol–water partition coefficient (Wildman–Crippen LogP) is 3.47. The van der Waals surface area contributed by atoms with Gasteiger partial charge in [0.25, 0.3) is 0 Å². The second-order valence-electron chi connectivity index (χ2n) is 24.3. The molecule has 75 heavy (non-hydrogen) atoms. The maximum absolute atomic E-state index is 12.3. The predicted molar refractivity (Wildman–Crippen MR) is 262 cm³/mol. The molecule has 0 bridgehead atoms. The Morgan fingerprint density at radius 2 is 1.32 bits per heavy atom. The van der Waals surface area contributed by atoms with E-state index >= 15 is 0 Å². The first-order valence-electron chi connectivity index (χ1n) is 27.1. The van der Waals surface area contributed by atoms with Crippen molar-refractivity contribution in [2.45, 2.75) is 275 Å². The number of aliphatic hydroxyl groups excluding tert-OH is 1. The first-order chi connectivity index (χ1) is 35.6. The average molecular weight is 1100 g/mol. The average Bonchev–Trinajstić information content (AvgIpc) is 3.49. The van der Waals surface area contributed by atoms with Crippen molar-refractivity contribution < 1.29 is 98.3 Å². The molecule has 28 unspecified atom stereocenters. The smallest absolute Gasteiger partial charge is 0.496 e. The van der Waals surface area contributed by atoms with Gasteiger partial charge in [0.1, 0.15) is 47.0 Å². The van der Waals surface area contributed by atoms with Gasteiger partial charge in [-0.15, -0.1) is 8.54 Å². The van der Waals surface area contributed by atoms with E-state index in [2.05, 4.69) is 38.3 Å². The fourth-order valence-electron chi connectivity index (χ4n) is 14.9. The molecule has 11 aliphatic heterocycles. The summed E-state index contributed by atoms with van der Waals surface area (Å²) in [6.07, 6.45) is 3.61. The fraction of sp³-hybridized carbons (Fsp3) is 0.885. The number of hydrogen-bond donors (Lipinski definition) is 2. The van der Waals surface area contributed by atoms with Crippen LogP contribution in [0.25, 0.3) is 0 Å². The lowest BCUT2D eigenvalue weighted by atomic mass is 9.73. The van der Waals surface area contributed by atoms with Gasteiger partial charge in [-0.05, 0) is 78.2 Å². The van der Waals surface area contributed by atoms with Crippen molar-refractivity contribution >= 4 is 22.7 Å². The highest BCUT2D eigenvalue weighted by Gasteiger charge is 2.65. The Morgan fingerprint density at radius 1 is 0.733 bits per heavy atom. The maximum Gasteiger partial charge on any atom is 0.496 e. The topological polar surface area (TPSA) is 259 Å². The molecule has 23 heteroatoms. The van der Waals surface area contributed by atoms with Crippen LogP contribution < -0.4 is 0 Å². The minimum atomic E-state index is -2.87. The third-order valence-electron chi connectivity index (χ3n) is 19.1. The third-order valence-corrected chi connectivity index (χ3v) is 19.5. The standard InChI is InChI=1S/C52H78O21S2/c1-9-10-13-48(4,54)47-27(3)18-36-35(66-47)24-43-52(8,69-36)46(53)45-39(65-43)22-38-44(67-45)26(2)11-14-50(6)41(64-38)25-40-51(7,71-50)15-12-28-29(63-40)19-31-30(60-28)20-32-33(61-31)21-37-34(62-32)23-42(70-73-75(57)58)49(5,68-37)16-17-59-72-74(55)56/h9-10,13,26,28-47,53-54H,1,3,11-12,14-25H2,2,4-8H3,(H,55,56)(H,57,58). The summed E-state index contributed by atoms with van der Waals surface area (Å²) >= 11 is -5.33. The van der Waals surface area contributed by atoms with E-state index in [1.807, 2.05) is 6.92 Å². The number of aliphatic hydroxyl groups is 2. The first kappa shape index (κ1) is 55.7. The van der Waals surface area contributed by atoms with Crippen LogP contribution in [-0.4, -0.2) is 184 Å². The lowest BCUT2D eigenvalue weighted by molar-refractivity contribution is -0.369. The summed E-state index contributed by atoms with van der Waals surface area (Å²) in [6, 6.07) is 0. The van der Waals surface area contributed by atoms with E-state index in [9.17, 15) is 23.2 Å². The molecule has 0 aromatic carbocycles. The van der Waals surface area contributed by atoms with Crippen molar-refractivity contribution in [1.82, 2.24) is 0 Å². The zero-order valence-corrected chi connectivity index (χ0v) is 45.4. The fourth-order valence-corrected chi connectivity index (χ4v) is 15.2. The molecule has 424 valence electrons. The summed E-state index contributed by atoms with van der Waals surface area (Å²) in [6.45, 7) is 19.7. The van der Waals surface area contributed by atoms with Crippen LogP contribution in [0.1, 0.15) is 125 Å². The van der Waals surface area contributed by atoms with Gasteiger partial charge in [0.2, 0.25) is 0 Å². The van der Waals surface area contributed by atoms with Gasteiger partial charge in [-0.1, -0.05) is 42.6 Å². The van der Waals surface area contributed by atoms with E-state index in [0.717, 1.165) is 31.3 Å². The van der Waals surface area contributed by atoms with Crippen LogP contribution in [0.5, 0.6) is 0 Å². The van der Waals surface area contributed by atoms with E-state index in [4.69, 9.17) is 70.8 Å². The monoisotopic (exact) mass is 1100 g/mol. The maximum atomic E-state index is 12.3. The van der Waals surface area contributed by atoms with Crippen molar-refractivity contribution in [3.05, 3.63) is 37.0 Å². The van der Waals surface area contributed by atoms with Gasteiger partial charge in [0.15, 0.2) is 0 Å². The van der Waals surface area contributed by atoms with E-state index in [-0.39, 0.29) is 92.5 Å². The van der Waals surface area contributed by atoms with Crippen molar-refractivity contribution in [3.63, 3.8) is 0 Å². The van der Waals surface area contributed by atoms with E-state index in [0.29, 0.717) is 44.9 Å². The van der Waals surface area contributed by atoms with Crippen molar-refractivity contribution in [3.8, 4) is 0 Å². The molecule has 11 saturated heterocycles. The van der Waals surface area contributed by atoms with Gasteiger partial charge in [-0.3, -0.25) is 0 Å². The number of rotatable bonds is 11. The second kappa shape index (κ2) is 21.3. The Morgan fingerprint density at radius 3 is 2.00 bits per heavy atom. The zero-order chi connectivity index (χ0) is 53.0. The Balaban J connectivity index is 0.748. The molecule has 28 atom stereocenters. The Hall–Kier alpha value is -1.24. The largest absolute Gasteiger partial charge is 0.748 e. The number of hydrogen-bond acceptors (Lipinski definition) is 20. The minimum absolute atomic E-state index is 0.0910. The number of ether oxygens (including phenoxy) is 11. The third kappa shape index (κ3) is 10.7. The van der Waals surface area contributed by atoms with Crippen LogP contribution in [0.3, 0.4) is 0 Å². The van der Waals surface area contributed by atoms with Crippen LogP contribution in [0.4, 0.5) is 0 Å². The molecule has 0 aliphatic carbocycles. The van der Waals surface area contributed by atoms with Crippen molar-refractivity contribution in [1.29, 1.82) is 0 Å². The summed E-state index contributed by atoms with van der Waals surface area (Å²) in [7, 11) is 0. The highest BCUT2D eigenvalue weighted by atomic mass is 32.2. The summed E-state index contributed by atoms with van der Waals surface area (Å²) in [4.78, 5) is 10.3. The SMILES string of the molecule is C=CC=CC(C)(O)C1OC2CC3OC4CC5OC6CC7OC8CC9OC%10CC%11OC(C)(CCOOS(=O)[O-])C(OOS(=O)[OH2+])CC%11OC%10CC9OC8CCC7(C)OC6(C)CCC(C)C5OC4C(O)C3(C)OC2CC1=C. The number of fused-ring (bicyclic) bond motifs is 10. The Kier molecular flexibility index (Phi) is 15.8. The van der Waals surface area contributed by atoms with Crippen LogP contribution in [0.2, 0.25) is 0 Å². The summed E-state index contributed by atoms with van der Waals surface area (Å²) < 4.78 is 126. The Labute approximate surface area is 444 Å². The molecule has 0 saturated carbocycles. The van der Waals surface area contributed by atoms with Gasteiger partial charge in [-0.25, -0.2) is 14.0 Å². The lowest BCUT2D eigenvalue weighted by Crippen LogP contribution is -2.74.